The van der Waals surface area contributed by atoms with Crippen molar-refractivity contribution in [2.24, 2.45) is 0 Å². The third kappa shape index (κ3) is 5.94. The maximum Gasteiger partial charge on any atom is 0.248 e. The van der Waals surface area contributed by atoms with Crippen LogP contribution in [0.3, 0.4) is 0 Å². The smallest absolute Gasteiger partial charge is 0.209 e. The van der Waals surface area contributed by atoms with Crippen molar-refractivity contribution in [3.8, 4) is 0 Å². The summed E-state index contributed by atoms with van der Waals surface area (Å²) in [6.07, 6.45) is 3.38. The summed E-state index contributed by atoms with van der Waals surface area (Å²) < 4.78 is 54.3. The van der Waals surface area contributed by atoms with Crippen molar-refractivity contribution in [2.45, 2.75) is 70.1 Å². The van der Waals surface area contributed by atoms with Gasteiger partial charge in [0.2, 0.25) is 5.92 Å². The summed E-state index contributed by atoms with van der Waals surface area (Å²) in [6, 6.07) is 15.2. The molecule has 0 amide bonds. The Hall–Kier alpha value is -2.10. The number of alkyl halides is 2. The molecule has 1 fully saturated rings. The maximum atomic E-state index is 14.0. The van der Waals surface area contributed by atoms with Gasteiger partial charge in [-0.05, 0) is 54.7 Å². The highest BCUT2D eigenvalue weighted by atomic mass is 19.3. The lowest BCUT2D eigenvalue weighted by molar-refractivity contribution is -0.0382. The van der Waals surface area contributed by atoms with Crippen LogP contribution in [0.4, 0.5) is 17.6 Å². The van der Waals surface area contributed by atoms with Gasteiger partial charge in [-0.3, -0.25) is 0 Å². The van der Waals surface area contributed by atoms with Crippen LogP contribution in [-0.2, 0) is 12.8 Å². The summed E-state index contributed by atoms with van der Waals surface area (Å²) >= 11 is 0. The Labute approximate surface area is 170 Å². The molecule has 4 heteroatoms. The highest BCUT2D eigenvalue weighted by molar-refractivity contribution is 5.61. The molecule has 1 saturated carbocycles. The van der Waals surface area contributed by atoms with Crippen LogP contribution >= 0.6 is 0 Å². The van der Waals surface area contributed by atoms with Crippen LogP contribution in [0, 0.1) is 0 Å². The molecule has 1 aliphatic carbocycles. The molecule has 1 aliphatic rings. The molecule has 29 heavy (non-hydrogen) atoms. The van der Waals surface area contributed by atoms with Gasteiger partial charge >= 0.3 is 0 Å². The van der Waals surface area contributed by atoms with Gasteiger partial charge < -0.3 is 0 Å². The van der Waals surface area contributed by atoms with E-state index in [4.69, 9.17) is 0 Å². The minimum atomic E-state index is -2.49. The van der Waals surface area contributed by atoms with E-state index in [9.17, 15) is 17.6 Å². The van der Waals surface area contributed by atoms with Crippen LogP contribution in [0.5, 0.6) is 0 Å². The zero-order valence-electron chi connectivity index (χ0n) is 16.9. The van der Waals surface area contributed by atoms with Gasteiger partial charge in [-0.1, -0.05) is 55.5 Å². The monoisotopic (exact) mass is 404 g/mol. The van der Waals surface area contributed by atoms with Gasteiger partial charge in [-0.2, -0.15) is 0 Å². The average molecular weight is 404 g/mol. The standard InChI is InChI=1S/C25H28F4/c1-2-3-23(26)24(27)22-12-8-19(9-13-22)5-4-18-6-10-20(11-7-18)21-14-16-25(28,29)17-15-21/h6-13,21H,2-5,14-17H2,1H3/b24-23-. The first kappa shape index (κ1) is 21.6. The summed E-state index contributed by atoms with van der Waals surface area (Å²) in [7, 11) is 0. The Bertz CT molecular complexity index is 809. The zero-order valence-corrected chi connectivity index (χ0v) is 16.9. The number of allylic oxidation sites excluding steroid dienone is 1. The molecule has 0 N–H and O–H groups in total. The first-order valence-electron chi connectivity index (χ1n) is 10.5. The number of hydrogen-bond acceptors (Lipinski definition) is 0. The maximum absolute atomic E-state index is 14.0. The predicted molar refractivity (Wildman–Crippen MR) is 110 cm³/mol. The Morgan fingerprint density at radius 2 is 1.38 bits per heavy atom. The molecule has 0 radical (unpaired) electrons. The molecular formula is C25H28F4. The molecule has 3 rings (SSSR count). The van der Waals surface area contributed by atoms with E-state index >= 15 is 0 Å². The second kappa shape index (κ2) is 9.60. The molecule has 0 aliphatic heterocycles. The largest absolute Gasteiger partial charge is 0.248 e. The third-order valence-corrected chi connectivity index (χ3v) is 5.79. The quantitative estimate of drug-likeness (QED) is 0.408. The second-order valence-electron chi connectivity index (χ2n) is 8.04. The molecule has 0 nitrogen and oxygen atoms in total. The molecule has 0 atom stereocenters. The molecule has 0 saturated heterocycles. The van der Waals surface area contributed by atoms with Crippen molar-refractivity contribution in [1.82, 2.24) is 0 Å². The topological polar surface area (TPSA) is 0 Å². The van der Waals surface area contributed by atoms with Crippen molar-refractivity contribution < 1.29 is 17.6 Å². The van der Waals surface area contributed by atoms with Crippen molar-refractivity contribution in [3.05, 3.63) is 76.6 Å². The summed E-state index contributed by atoms with van der Waals surface area (Å²) in [5.41, 5.74) is 3.67. The van der Waals surface area contributed by atoms with E-state index in [2.05, 4.69) is 24.3 Å². The summed E-state index contributed by atoms with van der Waals surface area (Å²) in [5.74, 6) is -3.73. The van der Waals surface area contributed by atoms with E-state index in [0.29, 0.717) is 19.3 Å². The Morgan fingerprint density at radius 1 is 0.862 bits per heavy atom. The highest BCUT2D eigenvalue weighted by Gasteiger charge is 2.35. The second-order valence-corrected chi connectivity index (χ2v) is 8.04. The highest BCUT2D eigenvalue weighted by Crippen LogP contribution is 2.40. The summed E-state index contributed by atoms with van der Waals surface area (Å²) in [4.78, 5) is 0. The fourth-order valence-corrected chi connectivity index (χ4v) is 3.92. The fraction of sp³-hybridized carbons (Fsp3) is 0.440. The molecule has 156 valence electrons. The van der Waals surface area contributed by atoms with Gasteiger partial charge in [-0.15, -0.1) is 0 Å². The Kier molecular flexibility index (Phi) is 7.15. The minimum Gasteiger partial charge on any atom is -0.209 e. The number of rotatable bonds is 7. The van der Waals surface area contributed by atoms with Crippen molar-refractivity contribution in [3.63, 3.8) is 0 Å². The average Bonchev–Trinajstić information content (AvgIpc) is 2.73. The molecule has 0 unspecified atom stereocenters. The van der Waals surface area contributed by atoms with Crippen LogP contribution in [0.2, 0.25) is 0 Å². The van der Waals surface area contributed by atoms with E-state index in [1.807, 2.05) is 19.1 Å². The van der Waals surface area contributed by atoms with Crippen LogP contribution in [-0.4, -0.2) is 5.92 Å². The molecule has 0 spiro atoms. The molecule has 2 aromatic carbocycles. The van der Waals surface area contributed by atoms with E-state index in [1.54, 1.807) is 12.1 Å². The zero-order chi connectivity index (χ0) is 20.9. The van der Waals surface area contributed by atoms with Crippen LogP contribution in [0.15, 0.2) is 54.4 Å². The minimum absolute atomic E-state index is 0.0203. The lowest BCUT2D eigenvalue weighted by atomic mass is 9.82. The SMILES string of the molecule is CCC/C(F)=C(/F)c1ccc(CCc2ccc(C3CCC(F)(F)CC3)cc2)cc1. The lowest BCUT2D eigenvalue weighted by Crippen LogP contribution is -2.23. The van der Waals surface area contributed by atoms with Crippen molar-refractivity contribution >= 4 is 5.83 Å². The van der Waals surface area contributed by atoms with E-state index < -0.39 is 17.6 Å². The molecule has 0 heterocycles. The summed E-state index contributed by atoms with van der Waals surface area (Å²) in [5, 5.41) is 0. The van der Waals surface area contributed by atoms with Crippen LogP contribution in [0.25, 0.3) is 5.83 Å². The normalized spacial score (nSPS) is 17.8. The Balaban J connectivity index is 1.54. The van der Waals surface area contributed by atoms with Gasteiger partial charge in [0, 0.05) is 24.8 Å². The van der Waals surface area contributed by atoms with Crippen LogP contribution in [0.1, 0.15) is 73.6 Å². The molecule has 0 bridgehead atoms. The molecular weight excluding hydrogens is 376 g/mol. The lowest BCUT2D eigenvalue weighted by Gasteiger charge is -2.28. The summed E-state index contributed by atoms with van der Waals surface area (Å²) in [6.45, 7) is 1.82. The van der Waals surface area contributed by atoms with Gasteiger partial charge in [0.1, 0.15) is 5.83 Å². The number of benzene rings is 2. The van der Waals surface area contributed by atoms with Crippen LogP contribution < -0.4 is 0 Å². The van der Waals surface area contributed by atoms with Gasteiger partial charge in [-0.25, -0.2) is 17.6 Å². The first-order valence-corrected chi connectivity index (χ1v) is 10.5. The number of hydrogen-bond donors (Lipinski definition) is 0. The molecule has 0 aromatic heterocycles. The Morgan fingerprint density at radius 3 is 1.90 bits per heavy atom. The van der Waals surface area contributed by atoms with Gasteiger partial charge in [0.15, 0.2) is 5.83 Å². The van der Waals surface area contributed by atoms with Crippen molar-refractivity contribution in [1.29, 1.82) is 0 Å². The third-order valence-electron chi connectivity index (χ3n) is 5.79. The van der Waals surface area contributed by atoms with E-state index in [-0.39, 0.29) is 30.7 Å². The van der Waals surface area contributed by atoms with Gasteiger partial charge in [0.25, 0.3) is 0 Å². The van der Waals surface area contributed by atoms with Gasteiger partial charge in [0.05, 0.1) is 0 Å². The van der Waals surface area contributed by atoms with E-state index in [0.717, 1.165) is 24.0 Å². The van der Waals surface area contributed by atoms with Crippen molar-refractivity contribution in [2.75, 3.05) is 0 Å². The predicted octanol–water partition coefficient (Wildman–Crippen LogP) is 8.17. The fourth-order valence-electron chi connectivity index (χ4n) is 3.92. The number of aryl methyl sites for hydroxylation is 2. The number of halogens is 4. The molecule has 2 aromatic rings. The van der Waals surface area contributed by atoms with E-state index in [1.165, 1.54) is 5.56 Å². The first-order chi connectivity index (χ1) is 13.9.